The molecule has 0 N–H and O–H groups in total. The first kappa shape index (κ1) is 27.9. The molecule has 1 fully saturated rings. The van der Waals surface area contributed by atoms with Crippen molar-refractivity contribution in [3.8, 4) is 0 Å². The van der Waals surface area contributed by atoms with Crippen LogP contribution in [0.15, 0.2) is 16.9 Å². The first-order valence-corrected chi connectivity index (χ1v) is 13.7. The average molecular weight is 525 g/mol. The Bertz CT molecular complexity index is 1220. The lowest BCUT2D eigenvalue weighted by molar-refractivity contribution is -0.157. The predicted octanol–water partition coefficient (Wildman–Crippen LogP) is 2.33. The number of carbonyl (C=O) groups is 3. The Morgan fingerprint density at radius 3 is 2.25 bits per heavy atom. The Morgan fingerprint density at radius 1 is 1.06 bits per heavy atom. The van der Waals surface area contributed by atoms with Crippen LogP contribution in [0.25, 0.3) is 0 Å². The van der Waals surface area contributed by atoms with Gasteiger partial charge in [0.25, 0.3) is 11.5 Å². The first-order chi connectivity index (χ1) is 16.6. The number of fused-ring (bicyclic) bond motifs is 1. The van der Waals surface area contributed by atoms with Gasteiger partial charge in [0.2, 0.25) is 0 Å². The molecule has 0 saturated heterocycles. The summed E-state index contributed by atoms with van der Waals surface area (Å²) in [6.45, 7) is 9.97. The smallest absolute Gasteiger partial charge is 0.343 e. The Kier molecular flexibility index (Phi) is 7.47. The predicted molar refractivity (Wildman–Crippen MR) is 133 cm³/mol. The standard InChI is InChI=1S/C25H36N2O8S/c1-7-8-15-34-21(30)17-9-10-18-20(29)26(13-14-27(18)19(17)28)16-25(11-12-25)36(32,33)24(5,6)22(31)35-23(2,3)4/h9-10H,7-8,11-16H2,1-6H3. The average Bonchev–Trinajstić information content (AvgIpc) is 3.56. The van der Waals surface area contributed by atoms with E-state index in [1.165, 1.54) is 35.4 Å². The van der Waals surface area contributed by atoms with Crippen molar-refractivity contribution in [2.45, 2.75) is 88.9 Å². The van der Waals surface area contributed by atoms with Gasteiger partial charge in [-0.25, -0.2) is 13.2 Å². The van der Waals surface area contributed by atoms with Gasteiger partial charge in [0.15, 0.2) is 14.6 Å². The largest absolute Gasteiger partial charge is 0.462 e. The lowest BCUT2D eigenvalue weighted by atomic mass is 10.1. The van der Waals surface area contributed by atoms with Gasteiger partial charge in [-0.15, -0.1) is 0 Å². The molecule has 1 aromatic heterocycles. The second-order valence-electron chi connectivity index (χ2n) is 11.0. The molecule has 0 spiro atoms. The van der Waals surface area contributed by atoms with Crippen LogP contribution in [-0.2, 0) is 30.7 Å². The maximum atomic E-state index is 13.6. The number of nitrogens with zero attached hydrogens (tertiary/aromatic N) is 2. The molecule has 36 heavy (non-hydrogen) atoms. The summed E-state index contributed by atoms with van der Waals surface area (Å²) in [5, 5.41) is 0. The number of rotatable bonds is 9. The van der Waals surface area contributed by atoms with Crippen LogP contribution < -0.4 is 5.56 Å². The highest BCUT2D eigenvalue weighted by atomic mass is 32.2. The van der Waals surface area contributed by atoms with Crippen molar-refractivity contribution < 1.29 is 32.3 Å². The number of ether oxygens (including phenoxy) is 2. The summed E-state index contributed by atoms with van der Waals surface area (Å²) in [5.41, 5.74) is -1.52. The van der Waals surface area contributed by atoms with Gasteiger partial charge < -0.3 is 18.9 Å². The van der Waals surface area contributed by atoms with Gasteiger partial charge in [0, 0.05) is 19.6 Å². The van der Waals surface area contributed by atoms with Crippen LogP contribution in [0.4, 0.5) is 0 Å². The Labute approximate surface area is 211 Å². The van der Waals surface area contributed by atoms with E-state index in [0.29, 0.717) is 19.3 Å². The van der Waals surface area contributed by atoms with Crippen LogP contribution >= 0.6 is 0 Å². The highest BCUT2D eigenvalue weighted by Gasteiger charge is 2.63. The van der Waals surface area contributed by atoms with Gasteiger partial charge >= 0.3 is 11.9 Å². The van der Waals surface area contributed by atoms with Gasteiger partial charge in [0.1, 0.15) is 16.9 Å². The fourth-order valence-corrected chi connectivity index (χ4v) is 6.52. The maximum absolute atomic E-state index is 13.6. The van der Waals surface area contributed by atoms with Crippen LogP contribution in [-0.4, -0.2) is 70.5 Å². The summed E-state index contributed by atoms with van der Waals surface area (Å²) in [4.78, 5) is 52.5. The minimum absolute atomic E-state index is 0.0796. The molecule has 2 heterocycles. The van der Waals surface area contributed by atoms with E-state index in [4.69, 9.17) is 9.47 Å². The number of hydrogen-bond donors (Lipinski definition) is 0. The van der Waals surface area contributed by atoms with Gasteiger partial charge in [-0.05, 0) is 66.0 Å². The molecule has 10 nitrogen and oxygen atoms in total. The topological polar surface area (TPSA) is 129 Å². The van der Waals surface area contributed by atoms with Crippen LogP contribution in [0.2, 0.25) is 0 Å². The molecule has 3 rings (SSSR count). The molecule has 0 unspecified atom stereocenters. The molecule has 1 aromatic rings. The van der Waals surface area contributed by atoms with Gasteiger partial charge in [-0.3, -0.25) is 14.4 Å². The van der Waals surface area contributed by atoms with Crippen LogP contribution in [0, 0.1) is 0 Å². The molecule has 1 amide bonds. The van der Waals surface area contributed by atoms with Crippen LogP contribution in [0.5, 0.6) is 0 Å². The van der Waals surface area contributed by atoms with Crippen molar-refractivity contribution in [2.24, 2.45) is 0 Å². The van der Waals surface area contributed by atoms with E-state index >= 15 is 0 Å². The maximum Gasteiger partial charge on any atom is 0.343 e. The molecule has 11 heteroatoms. The Balaban J connectivity index is 1.81. The Morgan fingerprint density at radius 2 is 1.69 bits per heavy atom. The molecule has 2 aliphatic rings. The number of hydrogen-bond acceptors (Lipinski definition) is 8. The number of pyridine rings is 1. The summed E-state index contributed by atoms with van der Waals surface area (Å²) in [6, 6.07) is 2.67. The third-order valence-corrected chi connectivity index (χ3v) is 9.83. The van der Waals surface area contributed by atoms with E-state index in [9.17, 15) is 27.6 Å². The van der Waals surface area contributed by atoms with Crippen molar-refractivity contribution in [3.05, 3.63) is 33.7 Å². The normalized spacial score (nSPS) is 17.4. The zero-order chi connectivity index (χ0) is 27.1. The molecular weight excluding hydrogens is 488 g/mol. The highest BCUT2D eigenvalue weighted by Crippen LogP contribution is 2.49. The molecule has 0 bridgehead atoms. The molecular formula is C25H36N2O8S. The summed E-state index contributed by atoms with van der Waals surface area (Å²) < 4.78 is 35.9. The monoisotopic (exact) mass is 524 g/mol. The lowest BCUT2D eigenvalue weighted by Gasteiger charge is -2.36. The summed E-state index contributed by atoms with van der Waals surface area (Å²) in [7, 11) is -4.03. The van der Waals surface area contributed by atoms with E-state index < -0.39 is 48.3 Å². The number of esters is 2. The van der Waals surface area contributed by atoms with Crippen molar-refractivity contribution in [1.29, 1.82) is 0 Å². The zero-order valence-electron chi connectivity index (χ0n) is 21.9. The number of carbonyl (C=O) groups excluding carboxylic acids is 3. The number of amides is 1. The molecule has 0 atom stereocenters. The van der Waals surface area contributed by atoms with Crippen LogP contribution in [0.1, 0.15) is 88.1 Å². The SMILES string of the molecule is CCCCOC(=O)c1ccc2n(c1=O)CCN(CC1(S(=O)(=O)C(C)(C)C(=O)OC(C)(C)C)CC1)C2=O. The number of sulfone groups is 1. The van der Waals surface area contributed by atoms with Crippen molar-refractivity contribution >= 4 is 27.7 Å². The van der Waals surface area contributed by atoms with E-state index in [1.54, 1.807) is 20.8 Å². The molecule has 0 aromatic carbocycles. The molecule has 1 saturated carbocycles. The summed E-state index contributed by atoms with van der Waals surface area (Å²) in [5.74, 6) is -2.06. The molecule has 200 valence electrons. The van der Waals surface area contributed by atoms with Crippen molar-refractivity contribution in [2.75, 3.05) is 19.7 Å². The highest BCUT2D eigenvalue weighted by molar-refractivity contribution is 7.95. The van der Waals surface area contributed by atoms with Gasteiger partial charge in [-0.1, -0.05) is 13.3 Å². The number of aromatic nitrogens is 1. The van der Waals surface area contributed by atoms with Gasteiger partial charge in [0.05, 0.1) is 11.4 Å². The molecule has 1 aliphatic carbocycles. The molecule has 1 aliphatic heterocycles. The summed E-state index contributed by atoms with van der Waals surface area (Å²) >= 11 is 0. The quantitative estimate of drug-likeness (QED) is 0.356. The summed E-state index contributed by atoms with van der Waals surface area (Å²) in [6.07, 6.45) is 2.16. The van der Waals surface area contributed by atoms with Gasteiger partial charge in [-0.2, -0.15) is 0 Å². The number of unbranched alkanes of at least 4 members (excludes halogenated alkanes) is 1. The first-order valence-electron chi connectivity index (χ1n) is 12.3. The van der Waals surface area contributed by atoms with Crippen molar-refractivity contribution in [1.82, 2.24) is 9.47 Å². The van der Waals surface area contributed by atoms with Crippen LogP contribution in [0.3, 0.4) is 0 Å². The minimum atomic E-state index is -4.03. The second kappa shape index (κ2) is 9.64. The Hall–Kier alpha value is -2.69. The van der Waals surface area contributed by atoms with E-state index in [-0.39, 0.29) is 37.5 Å². The molecule has 0 radical (unpaired) electrons. The van der Waals surface area contributed by atoms with Crippen molar-refractivity contribution in [3.63, 3.8) is 0 Å². The van der Waals surface area contributed by atoms with E-state index in [2.05, 4.69) is 0 Å². The fraction of sp³-hybridized carbons (Fsp3) is 0.680. The third-order valence-electron chi connectivity index (χ3n) is 6.64. The van der Waals surface area contributed by atoms with E-state index in [1.807, 2.05) is 6.92 Å². The minimum Gasteiger partial charge on any atom is -0.462 e. The third kappa shape index (κ3) is 5.07. The fourth-order valence-electron chi connectivity index (χ4n) is 4.22. The lowest BCUT2D eigenvalue weighted by Crippen LogP contribution is -2.55. The van der Waals surface area contributed by atoms with E-state index in [0.717, 1.165) is 6.42 Å². The second-order valence-corrected chi connectivity index (χ2v) is 13.9. The zero-order valence-corrected chi connectivity index (χ0v) is 22.7.